The number of carbonyl (C=O) groups is 1. The zero-order valence-corrected chi connectivity index (χ0v) is 21.2. The summed E-state index contributed by atoms with van der Waals surface area (Å²) in [4.78, 5) is 50.1. The molecule has 0 spiro atoms. The Morgan fingerprint density at radius 2 is 1.84 bits per heavy atom. The molecule has 1 atom stereocenters. The maximum absolute atomic E-state index is 13.2. The fourth-order valence-electron chi connectivity index (χ4n) is 3.88. The SMILES string of the molecule is CN(Cc1ccccc1)C(=O)CC(c1cnc(=O)[nH]c1)c1cn(C)c(SCc2ccc(F)cc2)nc1=O. The normalized spacial score (nSPS) is 11.8. The highest BCUT2D eigenvalue weighted by molar-refractivity contribution is 7.98. The highest BCUT2D eigenvalue weighted by Gasteiger charge is 2.25. The lowest BCUT2D eigenvalue weighted by molar-refractivity contribution is -0.130. The Labute approximate surface area is 217 Å². The molecular weight excluding hydrogens is 493 g/mol. The van der Waals surface area contributed by atoms with Gasteiger partial charge in [0, 0.05) is 62.9 Å². The van der Waals surface area contributed by atoms with Gasteiger partial charge in [-0.3, -0.25) is 9.59 Å². The van der Waals surface area contributed by atoms with Gasteiger partial charge in [0.05, 0.1) is 0 Å². The van der Waals surface area contributed by atoms with Gasteiger partial charge in [-0.2, -0.15) is 4.98 Å². The summed E-state index contributed by atoms with van der Waals surface area (Å²) in [7, 11) is 3.48. The zero-order chi connectivity index (χ0) is 26.4. The van der Waals surface area contributed by atoms with Gasteiger partial charge in [-0.05, 0) is 28.8 Å². The Morgan fingerprint density at radius 1 is 1.11 bits per heavy atom. The number of H-pyrrole nitrogens is 1. The number of hydrogen-bond acceptors (Lipinski definition) is 6. The van der Waals surface area contributed by atoms with Crippen LogP contribution in [-0.2, 0) is 24.1 Å². The van der Waals surface area contributed by atoms with Crippen LogP contribution in [0.2, 0.25) is 0 Å². The van der Waals surface area contributed by atoms with E-state index in [2.05, 4.69) is 15.0 Å². The van der Waals surface area contributed by atoms with E-state index in [1.807, 2.05) is 30.3 Å². The smallest absolute Gasteiger partial charge is 0.341 e. The molecule has 4 rings (SSSR count). The van der Waals surface area contributed by atoms with Gasteiger partial charge in [0.15, 0.2) is 5.16 Å². The summed E-state index contributed by atoms with van der Waals surface area (Å²) in [6, 6.07) is 15.8. The van der Waals surface area contributed by atoms with Crippen LogP contribution in [0, 0.1) is 5.82 Å². The van der Waals surface area contributed by atoms with Crippen LogP contribution in [0.1, 0.15) is 34.6 Å². The van der Waals surface area contributed by atoms with Gasteiger partial charge in [-0.15, -0.1) is 0 Å². The number of amides is 1. The van der Waals surface area contributed by atoms with E-state index in [1.54, 1.807) is 41.9 Å². The Balaban J connectivity index is 1.59. The van der Waals surface area contributed by atoms with Gasteiger partial charge in [-0.25, -0.2) is 14.2 Å². The lowest BCUT2D eigenvalue weighted by Crippen LogP contribution is -2.30. The van der Waals surface area contributed by atoms with Crippen LogP contribution in [0.15, 0.2) is 87.9 Å². The first-order valence-corrected chi connectivity index (χ1v) is 12.6. The Morgan fingerprint density at radius 3 is 2.51 bits per heavy atom. The second-order valence-electron chi connectivity index (χ2n) is 8.65. The quantitative estimate of drug-likeness (QED) is 0.268. The molecule has 2 aromatic carbocycles. The van der Waals surface area contributed by atoms with E-state index >= 15 is 0 Å². The molecule has 0 aliphatic carbocycles. The van der Waals surface area contributed by atoms with Crippen molar-refractivity contribution in [2.45, 2.75) is 29.8 Å². The molecule has 0 aliphatic heterocycles. The van der Waals surface area contributed by atoms with E-state index in [0.717, 1.165) is 11.1 Å². The van der Waals surface area contributed by atoms with Crippen LogP contribution in [0.4, 0.5) is 4.39 Å². The summed E-state index contributed by atoms with van der Waals surface area (Å²) in [5.41, 5.74) is 1.76. The molecule has 4 aromatic rings. The highest BCUT2D eigenvalue weighted by Crippen LogP contribution is 2.27. The maximum Gasteiger partial charge on any atom is 0.344 e. The molecule has 1 amide bonds. The zero-order valence-electron chi connectivity index (χ0n) is 20.4. The van der Waals surface area contributed by atoms with Gasteiger partial charge in [0.25, 0.3) is 5.56 Å². The summed E-state index contributed by atoms with van der Waals surface area (Å²) in [6.07, 6.45) is 4.52. The van der Waals surface area contributed by atoms with Gasteiger partial charge in [0.1, 0.15) is 5.82 Å². The van der Waals surface area contributed by atoms with E-state index in [1.165, 1.54) is 36.3 Å². The van der Waals surface area contributed by atoms with Crippen LogP contribution in [0.3, 0.4) is 0 Å². The van der Waals surface area contributed by atoms with E-state index in [4.69, 9.17) is 0 Å². The molecule has 0 fully saturated rings. The second kappa shape index (κ2) is 11.8. The number of aromatic nitrogens is 4. The molecule has 0 saturated heterocycles. The average molecular weight is 520 g/mol. The third kappa shape index (κ3) is 6.79. The fraction of sp³-hybridized carbons (Fsp3) is 0.222. The van der Waals surface area contributed by atoms with Crippen molar-refractivity contribution in [1.82, 2.24) is 24.4 Å². The van der Waals surface area contributed by atoms with E-state index in [9.17, 15) is 18.8 Å². The van der Waals surface area contributed by atoms with Crippen molar-refractivity contribution in [2.24, 2.45) is 7.05 Å². The van der Waals surface area contributed by atoms with Gasteiger partial charge < -0.3 is 14.5 Å². The first-order valence-electron chi connectivity index (χ1n) is 11.6. The Kier molecular flexibility index (Phi) is 8.29. The number of aromatic amines is 1. The summed E-state index contributed by atoms with van der Waals surface area (Å²) < 4.78 is 14.9. The third-order valence-corrected chi connectivity index (χ3v) is 7.01. The molecule has 190 valence electrons. The number of benzene rings is 2. The van der Waals surface area contributed by atoms with Crippen molar-refractivity contribution < 1.29 is 9.18 Å². The highest BCUT2D eigenvalue weighted by atomic mass is 32.2. The number of rotatable bonds is 9. The molecule has 1 unspecified atom stereocenters. The number of hydrogen-bond donors (Lipinski definition) is 1. The first kappa shape index (κ1) is 26.0. The van der Waals surface area contributed by atoms with Crippen LogP contribution in [0.25, 0.3) is 0 Å². The standard InChI is InChI=1S/C27H26FN5O3S/c1-32(15-18-6-4-3-5-7-18)24(34)12-22(20-13-29-26(36)30-14-20)23-16-33(2)27(31-25(23)35)37-17-19-8-10-21(28)11-9-19/h3-11,13-14,16,22H,12,15,17H2,1-2H3,(H,29,30,36). The fourth-order valence-corrected chi connectivity index (χ4v) is 4.77. The summed E-state index contributed by atoms with van der Waals surface area (Å²) >= 11 is 1.35. The van der Waals surface area contributed by atoms with Gasteiger partial charge in [0.2, 0.25) is 5.91 Å². The molecule has 37 heavy (non-hydrogen) atoms. The lowest BCUT2D eigenvalue weighted by atomic mass is 9.91. The molecule has 0 saturated carbocycles. The topological polar surface area (TPSA) is 101 Å². The molecule has 0 aliphatic rings. The van der Waals surface area contributed by atoms with Gasteiger partial charge in [-0.1, -0.05) is 54.2 Å². The molecule has 0 radical (unpaired) electrons. The summed E-state index contributed by atoms with van der Waals surface area (Å²) in [6.45, 7) is 0.422. The molecular formula is C27H26FN5O3S. The number of carbonyl (C=O) groups excluding carboxylic acids is 1. The number of halogens is 1. The number of nitrogens with zero attached hydrogens (tertiary/aromatic N) is 4. The number of thioether (sulfide) groups is 1. The predicted molar refractivity (Wildman–Crippen MR) is 140 cm³/mol. The van der Waals surface area contributed by atoms with Crippen LogP contribution < -0.4 is 11.2 Å². The monoisotopic (exact) mass is 519 g/mol. The summed E-state index contributed by atoms with van der Waals surface area (Å²) in [5, 5.41) is 0.490. The minimum atomic E-state index is -0.655. The van der Waals surface area contributed by atoms with Crippen LogP contribution in [-0.4, -0.2) is 37.4 Å². The van der Waals surface area contributed by atoms with E-state index in [0.29, 0.717) is 28.6 Å². The predicted octanol–water partition coefficient (Wildman–Crippen LogP) is 3.48. The molecule has 10 heteroatoms. The van der Waals surface area contributed by atoms with Gasteiger partial charge >= 0.3 is 5.69 Å². The second-order valence-corrected chi connectivity index (χ2v) is 9.60. The van der Waals surface area contributed by atoms with Crippen molar-refractivity contribution in [3.8, 4) is 0 Å². The van der Waals surface area contributed by atoms with Crippen LogP contribution >= 0.6 is 11.8 Å². The van der Waals surface area contributed by atoms with Crippen molar-refractivity contribution in [3.05, 3.63) is 122 Å². The lowest BCUT2D eigenvalue weighted by Gasteiger charge is -2.22. The van der Waals surface area contributed by atoms with Crippen molar-refractivity contribution in [3.63, 3.8) is 0 Å². The molecule has 0 bridgehead atoms. The first-order chi connectivity index (χ1) is 17.8. The third-order valence-electron chi connectivity index (χ3n) is 5.90. The van der Waals surface area contributed by atoms with Crippen molar-refractivity contribution >= 4 is 17.7 Å². The summed E-state index contributed by atoms with van der Waals surface area (Å²) in [5.74, 6) is -0.625. The minimum absolute atomic E-state index is 0.00392. The van der Waals surface area contributed by atoms with E-state index in [-0.39, 0.29) is 18.1 Å². The van der Waals surface area contributed by atoms with E-state index < -0.39 is 17.2 Å². The number of aryl methyl sites for hydroxylation is 1. The maximum atomic E-state index is 13.2. The Hall–Kier alpha value is -4.05. The average Bonchev–Trinajstić information content (AvgIpc) is 2.89. The molecule has 2 aromatic heterocycles. The molecule has 1 N–H and O–H groups in total. The Bertz CT molecular complexity index is 1470. The largest absolute Gasteiger partial charge is 0.344 e. The molecule has 8 nitrogen and oxygen atoms in total. The van der Waals surface area contributed by atoms with Crippen molar-refractivity contribution in [1.29, 1.82) is 0 Å². The minimum Gasteiger partial charge on any atom is -0.341 e. The number of nitrogens with one attached hydrogen (secondary N) is 1. The van der Waals surface area contributed by atoms with Crippen molar-refractivity contribution in [2.75, 3.05) is 7.05 Å². The van der Waals surface area contributed by atoms with Crippen LogP contribution in [0.5, 0.6) is 0 Å². The molecule has 2 heterocycles.